The fourth-order valence-electron chi connectivity index (χ4n) is 5.94. The lowest BCUT2D eigenvalue weighted by atomic mass is 9.79. The number of thioether (sulfide) groups is 1. The molecule has 2 N–H and O–H groups in total. The van der Waals surface area contributed by atoms with Gasteiger partial charge >= 0.3 is 6.09 Å². The lowest BCUT2D eigenvalue weighted by Gasteiger charge is -2.41. The molecule has 2 aromatic carbocycles. The number of alkyl carbamates (subject to hydrolysis) is 1. The number of nitrogens with one attached hydrogen (secondary N) is 2. The third kappa shape index (κ3) is 7.70. The Labute approximate surface area is 263 Å². The molecule has 2 heterocycles. The van der Waals surface area contributed by atoms with Crippen molar-refractivity contribution < 1.29 is 28.2 Å². The summed E-state index contributed by atoms with van der Waals surface area (Å²) in [7, 11) is 1.64. The van der Waals surface area contributed by atoms with E-state index < -0.39 is 23.6 Å². The van der Waals surface area contributed by atoms with Crippen LogP contribution in [0, 0.1) is 0 Å². The normalized spacial score (nSPS) is 17.0. The van der Waals surface area contributed by atoms with Crippen LogP contribution in [0.2, 0.25) is 0 Å². The van der Waals surface area contributed by atoms with Crippen LogP contribution in [-0.2, 0) is 16.0 Å². The topological polar surface area (TPSA) is 111 Å². The molecule has 1 atom stereocenters. The first kappa shape index (κ1) is 31.8. The second-order valence-corrected chi connectivity index (χ2v) is 13.6. The molecule has 2 aliphatic rings. The monoisotopic (exact) mass is 621 g/mol. The van der Waals surface area contributed by atoms with Gasteiger partial charge in [-0.2, -0.15) is 11.8 Å². The summed E-state index contributed by atoms with van der Waals surface area (Å²) in [5, 5.41) is 7.97. The molecule has 1 aliphatic heterocycles. The predicted octanol–water partition coefficient (Wildman–Crippen LogP) is 6.71. The van der Waals surface area contributed by atoms with E-state index in [4.69, 9.17) is 18.6 Å². The summed E-state index contributed by atoms with van der Waals surface area (Å²) in [6, 6.07) is 12.9. The van der Waals surface area contributed by atoms with Gasteiger partial charge in [0.2, 0.25) is 5.55 Å². The van der Waals surface area contributed by atoms with Crippen molar-refractivity contribution in [3.8, 4) is 22.6 Å². The van der Waals surface area contributed by atoms with Crippen LogP contribution in [-0.4, -0.2) is 48.4 Å². The van der Waals surface area contributed by atoms with Gasteiger partial charge < -0.3 is 23.9 Å². The number of carbonyl (C=O) groups excluding carboxylic acids is 2. The summed E-state index contributed by atoms with van der Waals surface area (Å²) in [6.07, 6.45) is 9.49. The number of fused-ring (bicyclic) bond motifs is 2. The first-order valence-electron chi connectivity index (χ1n) is 15.3. The molecule has 1 saturated carbocycles. The number of ether oxygens (including phenoxy) is 3. The van der Waals surface area contributed by atoms with Crippen molar-refractivity contribution in [3.05, 3.63) is 53.6 Å². The number of aryl methyl sites for hydroxylation is 1. The molecule has 2 amide bonds. The Morgan fingerprint density at radius 1 is 1.07 bits per heavy atom. The van der Waals surface area contributed by atoms with Gasteiger partial charge in [-0.1, -0.05) is 18.6 Å². The van der Waals surface area contributed by atoms with Crippen molar-refractivity contribution in [2.45, 2.75) is 89.4 Å². The van der Waals surface area contributed by atoms with Gasteiger partial charge in [0.05, 0.1) is 7.11 Å². The van der Waals surface area contributed by atoms with E-state index in [0.29, 0.717) is 17.8 Å². The molecular formula is C34H43N3O6S. The molecule has 1 spiro atoms. The number of nitrogens with zero attached hydrogens (tertiary/aromatic N) is 1. The number of methoxy groups -OCH3 is 1. The largest absolute Gasteiger partial charge is 0.497 e. The summed E-state index contributed by atoms with van der Waals surface area (Å²) < 4.78 is 23.7. The lowest BCUT2D eigenvalue weighted by Crippen LogP contribution is -2.47. The van der Waals surface area contributed by atoms with Crippen molar-refractivity contribution in [2.24, 2.45) is 5.10 Å². The van der Waals surface area contributed by atoms with E-state index in [2.05, 4.69) is 21.9 Å². The summed E-state index contributed by atoms with van der Waals surface area (Å²) in [4.78, 5) is 25.7. The molecule has 236 valence electrons. The predicted molar refractivity (Wildman–Crippen MR) is 173 cm³/mol. The third-order valence-electron chi connectivity index (χ3n) is 8.17. The highest BCUT2D eigenvalue weighted by molar-refractivity contribution is 7.98. The number of hydrogen-bond donors (Lipinski definition) is 2. The van der Waals surface area contributed by atoms with E-state index in [1.165, 1.54) is 24.8 Å². The van der Waals surface area contributed by atoms with E-state index in [1.54, 1.807) is 39.6 Å². The van der Waals surface area contributed by atoms with Crippen LogP contribution in [0.25, 0.3) is 22.1 Å². The second kappa shape index (κ2) is 13.5. The molecule has 1 fully saturated rings. The van der Waals surface area contributed by atoms with E-state index in [1.807, 2.05) is 42.7 Å². The number of carbonyl (C=O) groups is 2. The Bertz CT molecular complexity index is 1550. The molecule has 10 heteroatoms. The third-order valence-corrected chi connectivity index (χ3v) is 8.82. The molecule has 0 bridgehead atoms. The molecular weight excluding hydrogens is 578 g/mol. The van der Waals surface area contributed by atoms with Gasteiger partial charge in [0.15, 0.2) is 0 Å². The van der Waals surface area contributed by atoms with Gasteiger partial charge in [0, 0.05) is 17.5 Å². The van der Waals surface area contributed by atoms with Gasteiger partial charge in [-0.05, 0) is 113 Å². The minimum absolute atomic E-state index is 0.0966. The zero-order valence-corrected chi connectivity index (χ0v) is 27.1. The summed E-state index contributed by atoms with van der Waals surface area (Å²) in [5.74, 6) is 1.82. The van der Waals surface area contributed by atoms with E-state index in [0.717, 1.165) is 53.7 Å². The fourth-order valence-corrected chi connectivity index (χ4v) is 6.41. The molecule has 0 radical (unpaired) electrons. The van der Waals surface area contributed by atoms with Crippen molar-refractivity contribution in [1.82, 2.24) is 10.7 Å². The number of hydrogen-bond acceptors (Lipinski definition) is 8. The fraction of sp³-hybridized carbons (Fsp3) is 0.500. The van der Waals surface area contributed by atoms with Crippen LogP contribution in [0.3, 0.4) is 0 Å². The highest BCUT2D eigenvalue weighted by Gasteiger charge is 2.37. The molecule has 44 heavy (non-hydrogen) atoms. The van der Waals surface area contributed by atoms with Crippen LogP contribution in [0.15, 0.2) is 52.0 Å². The van der Waals surface area contributed by atoms with E-state index >= 15 is 0 Å². The van der Waals surface area contributed by atoms with Crippen LogP contribution in [0.1, 0.15) is 71.3 Å². The zero-order chi connectivity index (χ0) is 31.3. The maximum Gasteiger partial charge on any atom is 0.408 e. The minimum atomic E-state index is -0.824. The molecule has 1 aromatic heterocycles. The average Bonchev–Trinajstić information content (AvgIpc) is 3.00. The second-order valence-electron chi connectivity index (χ2n) is 12.6. The number of benzene rings is 2. The molecule has 1 aliphatic carbocycles. The smallest absolute Gasteiger partial charge is 0.408 e. The SMILES string of the molecule is COc1ccc(-c2c/c(=N\NC(=O)[C@H](CCSC)NC(=O)OC(C)(C)C)oc3cc4c(cc23)CCC2(CCCCC2)O4)cc1. The lowest BCUT2D eigenvalue weighted by molar-refractivity contribution is -0.123. The van der Waals surface area contributed by atoms with Crippen molar-refractivity contribution in [3.63, 3.8) is 0 Å². The van der Waals surface area contributed by atoms with Crippen LogP contribution >= 0.6 is 11.8 Å². The Kier molecular flexibility index (Phi) is 9.78. The molecule has 3 aromatic rings. The Morgan fingerprint density at radius 3 is 2.50 bits per heavy atom. The Balaban J connectivity index is 1.49. The quantitative estimate of drug-likeness (QED) is 0.269. The first-order valence-corrected chi connectivity index (χ1v) is 16.7. The van der Waals surface area contributed by atoms with Crippen molar-refractivity contribution in [1.29, 1.82) is 0 Å². The van der Waals surface area contributed by atoms with Crippen LogP contribution in [0.4, 0.5) is 4.79 Å². The van der Waals surface area contributed by atoms with Gasteiger partial charge in [-0.3, -0.25) is 4.79 Å². The van der Waals surface area contributed by atoms with Crippen molar-refractivity contribution >= 4 is 34.7 Å². The van der Waals surface area contributed by atoms with Gasteiger partial charge in [-0.25, -0.2) is 10.2 Å². The standard InChI is InChI=1S/C34H43N3O6S/c1-33(2,3)43-32(39)35-27(14-18-44-5)31(38)37-36-30-20-25(22-9-11-24(40-4)12-10-22)26-19-23-13-17-34(15-7-6-8-16-34)42-28(23)21-29(26)41-30/h9-12,19-21,27H,6-8,13-18H2,1-5H3,(H,35,39)(H,37,38)/b36-30+/t27-/m0/s1. The van der Waals surface area contributed by atoms with E-state index in [9.17, 15) is 9.59 Å². The average molecular weight is 622 g/mol. The highest BCUT2D eigenvalue weighted by atomic mass is 32.2. The Hall–Kier alpha value is -3.66. The summed E-state index contributed by atoms with van der Waals surface area (Å²) >= 11 is 1.58. The van der Waals surface area contributed by atoms with Crippen molar-refractivity contribution in [2.75, 3.05) is 19.1 Å². The van der Waals surface area contributed by atoms with Crippen LogP contribution in [0.5, 0.6) is 11.5 Å². The highest BCUT2D eigenvalue weighted by Crippen LogP contribution is 2.44. The van der Waals surface area contributed by atoms with E-state index in [-0.39, 0.29) is 11.2 Å². The number of rotatable bonds is 8. The van der Waals surface area contributed by atoms with Gasteiger partial charge in [0.25, 0.3) is 5.91 Å². The first-order chi connectivity index (χ1) is 21.1. The minimum Gasteiger partial charge on any atom is -0.497 e. The molecule has 5 rings (SSSR count). The maximum atomic E-state index is 13.2. The molecule has 0 unspecified atom stereocenters. The summed E-state index contributed by atoms with van der Waals surface area (Å²) in [5.41, 5.74) is 5.70. The maximum absolute atomic E-state index is 13.2. The molecule has 0 saturated heterocycles. The van der Waals surface area contributed by atoms with Gasteiger partial charge in [-0.15, -0.1) is 5.10 Å². The molecule has 9 nitrogen and oxygen atoms in total. The van der Waals surface area contributed by atoms with Crippen LogP contribution < -0.4 is 25.8 Å². The number of amides is 2. The van der Waals surface area contributed by atoms with Gasteiger partial charge in [0.1, 0.15) is 34.3 Å². The Morgan fingerprint density at radius 2 is 1.82 bits per heavy atom. The zero-order valence-electron chi connectivity index (χ0n) is 26.3. The summed E-state index contributed by atoms with van der Waals surface area (Å²) in [6.45, 7) is 5.33.